The second-order valence-corrected chi connectivity index (χ2v) is 6.17. The summed E-state index contributed by atoms with van der Waals surface area (Å²) in [5.74, 6) is 0. The van der Waals surface area contributed by atoms with Crippen molar-refractivity contribution in [2.45, 2.75) is 24.0 Å². The summed E-state index contributed by atoms with van der Waals surface area (Å²) in [6.45, 7) is 6.57. The van der Waals surface area contributed by atoms with Gasteiger partial charge in [-0.1, -0.05) is 0 Å². The first-order valence-electron chi connectivity index (χ1n) is 6.80. The van der Waals surface area contributed by atoms with Gasteiger partial charge in [-0.25, -0.2) is 0 Å². The maximum atomic E-state index is 5.89. The van der Waals surface area contributed by atoms with Crippen molar-refractivity contribution in [2.75, 3.05) is 59.4 Å². The summed E-state index contributed by atoms with van der Waals surface area (Å²) in [6.07, 6.45) is 5.57. The molecular weight excluding hydrogens is 248 g/mol. The zero-order chi connectivity index (χ0) is 13.3. The van der Waals surface area contributed by atoms with Gasteiger partial charge in [-0.2, -0.15) is 11.8 Å². The van der Waals surface area contributed by atoms with Gasteiger partial charge in [-0.05, 0) is 38.6 Å². The minimum absolute atomic E-state index is 0.329. The number of hydrogen-bond donors (Lipinski definition) is 1. The molecule has 0 bridgehead atoms. The summed E-state index contributed by atoms with van der Waals surface area (Å²) < 4.78 is 10.9. The highest BCUT2D eigenvalue weighted by Gasteiger charge is 2.32. The van der Waals surface area contributed by atoms with Crippen molar-refractivity contribution < 1.29 is 9.47 Å². The van der Waals surface area contributed by atoms with Crippen LogP contribution in [0.2, 0.25) is 0 Å². The Morgan fingerprint density at radius 2 is 1.94 bits per heavy atom. The van der Waals surface area contributed by atoms with Crippen molar-refractivity contribution in [3.8, 4) is 0 Å². The Morgan fingerprint density at radius 1 is 1.22 bits per heavy atom. The van der Waals surface area contributed by atoms with E-state index in [1.165, 1.54) is 12.8 Å². The number of piperidine rings is 1. The van der Waals surface area contributed by atoms with Gasteiger partial charge in [0.1, 0.15) is 0 Å². The van der Waals surface area contributed by atoms with Gasteiger partial charge < -0.3 is 20.1 Å². The highest BCUT2D eigenvalue weighted by atomic mass is 32.2. The third kappa shape index (κ3) is 5.45. The van der Waals surface area contributed by atoms with E-state index >= 15 is 0 Å². The third-order valence-corrected chi connectivity index (χ3v) is 5.20. The van der Waals surface area contributed by atoms with Crippen LogP contribution < -0.4 is 5.73 Å². The first-order chi connectivity index (χ1) is 8.76. The van der Waals surface area contributed by atoms with Crippen molar-refractivity contribution in [1.82, 2.24) is 4.90 Å². The van der Waals surface area contributed by atoms with Gasteiger partial charge in [0.25, 0.3) is 0 Å². The molecule has 0 radical (unpaired) electrons. The van der Waals surface area contributed by atoms with Crippen molar-refractivity contribution in [3.05, 3.63) is 0 Å². The average molecular weight is 276 g/mol. The fraction of sp³-hybridized carbons (Fsp3) is 1.00. The van der Waals surface area contributed by atoms with Crippen molar-refractivity contribution in [1.29, 1.82) is 0 Å². The van der Waals surface area contributed by atoms with Crippen LogP contribution in [-0.4, -0.2) is 69.0 Å². The van der Waals surface area contributed by atoms with E-state index in [0.29, 0.717) is 4.75 Å². The predicted octanol–water partition coefficient (Wildman–Crippen LogP) is 1.20. The van der Waals surface area contributed by atoms with E-state index in [1.54, 1.807) is 7.11 Å². The van der Waals surface area contributed by atoms with Gasteiger partial charge in [0, 0.05) is 38.2 Å². The highest BCUT2D eigenvalue weighted by molar-refractivity contribution is 8.00. The molecule has 1 fully saturated rings. The van der Waals surface area contributed by atoms with E-state index in [4.69, 9.17) is 15.2 Å². The monoisotopic (exact) mass is 276 g/mol. The maximum absolute atomic E-state index is 5.89. The fourth-order valence-corrected chi connectivity index (χ4v) is 3.03. The van der Waals surface area contributed by atoms with Crippen molar-refractivity contribution in [2.24, 2.45) is 5.73 Å². The predicted molar refractivity (Wildman–Crippen MR) is 78.3 cm³/mol. The molecule has 18 heavy (non-hydrogen) atoms. The van der Waals surface area contributed by atoms with Crippen molar-refractivity contribution >= 4 is 11.8 Å². The lowest BCUT2D eigenvalue weighted by Crippen LogP contribution is -2.47. The molecule has 0 spiro atoms. The summed E-state index contributed by atoms with van der Waals surface area (Å²) in [7, 11) is 1.73. The number of rotatable bonds is 9. The van der Waals surface area contributed by atoms with E-state index in [-0.39, 0.29) is 0 Å². The minimum atomic E-state index is 0.329. The molecule has 0 unspecified atom stereocenters. The van der Waals surface area contributed by atoms with Crippen LogP contribution in [0.1, 0.15) is 19.3 Å². The third-order valence-electron chi connectivity index (χ3n) is 3.76. The van der Waals surface area contributed by atoms with E-state index in [9.17, 15) is 0 Å². The number of ether oxygens (including phenoxy) is 2. The smallest absolute Gasteiger partial charge is 0.0593 e. The lowest BCUT2D eigenvalue weighted by atomic mass is 9.96. The van der Waals surface area contributed by atoms with Gasteiger partial charge in [-0.15, -0.1) is 0 Å². The van der Waals surface area contributed by atoms with Gasteiger partial charge in [0.15, 0.2) is 0 Å². The molecule has 1 saturated heterocycles. The summed E-state index contributed by atoms with van der Waals surface area (Å²) in [6, 6.07) is 0. The Kier molecular flexibility index (Phi) is 8.26. The van der Waals surface area contributed by atoms with Gasteiger partial charge in [-0.3, -0.25) is 0 Å². The molecule has 108 valence electrons. The number of nitrogens with two attached hydrogens (primary N) is 1. The molecule has 4 nitrogen and oxygen atoms in total. The topological polar surface area (TPSA) is 47.7 Å². The summed E-state index contributed by atoms with van der Waals surface area (Å²) in [5.41, 5.74) is 5.89. The molecule has 0 aromatic carbocycles. The molecule has 0 amide bonds. The first-order valence-corrected chi connectivity index (χ1v) is 8.03. The fourth-order valence-electron chi connectivity index (χ4n) is 2.28. The van der Waals surface area contributed by atoms with Crippen LogP contribution >= 0.6 is 11.8 Å². The highest BCUT2D eigenvalue weighted by Crippen LogP contribution is 2.33. The lowest BCUT2D eigenvalue weighted by Gasteiger charge is -2.40. The quantitative estimate of drug-likeness (QED) is 0.641. The Balaban J connectivity index is 2.05. The summed E-state index contributed by atoms with van der Waals surface area (Å²) in [4.78, 5) is 2.49. The molecule has 2 N–H and O–H groups in total. The van der Waals surface area contributed by atoms with E-state index < -0.39 is 0 Å². The molecule has 1 heterocycles. The van der Waals surface area contributed by atoms with E-state index in [2.05, 4.69) is 11.2 Å². The maximum Gasteiger partial charge on any atom is 0.0593 e. The molecule has 1 aliphatic rings. The van der Waals surface area contributed by atoms with E-state index in [0.717, 1.165) is 52.4 Å². The van der Waals surface area contributed by atoms with Crippen LogP contribution in [0, 0.1) is 0 Å². The molecular formula is C13H28N2O2S. The molecule has 1 aliphatic heterocycles. The number of hydrogen-bond acceptors (Lipinski definition) is 5. The first kappa shape index (κ1) is 16.2. The van der Waals surface area contributed by atoms with Crippen LogP contribution in [-0.2, 0) is 9.47 Å². The van der Waals surface area contributed by atoms with Gasteiger partial charge >= 0.3 is 0 Å². The minimum Gasteiger partial charge on any atom is -0.385 e. The van der Waals surface area contributed by atoms with Crippen molar-refractivity contribution in [3.63, 3.8) is 0 Å². The summed E-state index contributed by atoms with van der Waals surface area (Å²) in [5, 5.41) is 0. The van der Waals surface area contributed by atoms with E-state index in [1.807, 2.05) is 11.8 Å². The largest absolute Gasteiger partial charge is 0.385 e. The Bertz CT molecular complexity index is 203. The van der Waals surface area contributed by atoms with Crippen LogP contribution in [0.25, 0.3) is 0 Å². The van der Waals surface area contributed by atoms with Gasteiger partial charge in [0.05, 0.1) is 6.61 Å². The Morgan fingerprint density at radius 3 is 2.50 bits per heavy atom. The van der Waals surface area contributed by atoms with Crippen LogP contribution in [0.5, 0.6) is 0 Å². The Labute approximate surface area is 116 Å². The molecule has 5 heteroatoms. The van der Waals surface area contributed by atoms with Crippen LogP contribution in [0.3, 0.4) is 0 Å². The molecule has 0 aromatic rings. The van der Waals surface area contributed by atoms with Crippen LogP contribution in [0.15, 0.2) is 0 Å². The second kappa shape index (κ2) is 9.15. The zero-order valence-corrected chi connectivity index (χ0v) is 12.6. The second-order valence-electron chi connectivity index (χ2n) is 4.89. The SMILES string of the molecule is COCCCOCCN1CCC(CN)(SC)CC1. The number of likely N-dealkylation sites (tertiary alicyclic amines) is 1. The number of methoxy groups -OCH3 is 1. The number of nitrogens with zero attached hydrogens (tertiary/aromatic N) is 1. The molecule has 0 aliphatic carbocycles. The van der Waals surface area contributed by atoms with Crippen LogP contribution in [0.4, 0.5) is 0 Å². The molecule has 0 saturated carbocycles. The Hall–Kier alpha value is 0.190. The standard InChI is InChI=1S/C13H28N2O2S/c1-16-9-3-10-17-11-8-15-6-4-13(12-14,18-2)5-7-15/h3-12,14H2,1-2H3. The van der Waals surface area contributed by atoms with Gasteiger partial charge in [0.2, 0.25) is 0 Å². The summed E-state index contributed by atoms with van der Waals surface area (Å²) >= 11 is 1.94. The number of thioether (sulfide) groups is 1. The molecule has 0 aromatic heterocycles. The normalized spacial score (nSPS) is 20.2. The molecule has 1 rings (SSSR count). The lowest BCUT2D eigenvalue weighted by molar-refractivity contribution is 0.0763. The zero-order valence-electron chi connectivity index (χ0n) is 11.8. The molecule has 0 atom stereocenters. The average Bonchev–Trinajstić information content (AvgIpc) is 2.43.